The summed E-state index contributed by atoms with van der Waals surface area (Å²) in [5.74, 6) is 0. The van der Waals surface area contributed by atoms with Crippen LogP contribution in [0.25, 0.3) is 11.0 Å². The third-order valence-corrected chi connectivity index (χ3v) is 3.79. The molecule has 0 aromatic carbocycles. The van der Waals surface area contributed by atoms with Gasteiger partial charge >= 0.3 is 0 Å². The molecular formula is C15H19N3O2. The molecule has 1 aliphatic rings. The van der Waals surface area contributed by atoms with E-state index in [0.29, 0.717) is 23.7 Å². The topological polar surface area (TPSA) is 57.0 Å². The number of unbranched alkanes of at least 4 members (excludes halogenated alkanes) is 1. The van der Waals surface area contributed by atoms with Gasteiger partial charge in [0, 0.05) is 19.3 Å². The van der Waals surface area contributed by atoms with E-state index in [1.807, 2.05) is 6.07 Å². The maximum Gasteiger partial charge on any atom is 0.279 e. The van der Waals surface area contributed by atoms with Crippen molar-refractivity contribution < 1.29 is 4.74 Å². The summed E-state index contributed by atoms with van der Waals surface area (Å²) < 4.78 is 7.25. The van der Waals surface area contributed by atoms with Crippen LogP contribution in [0.3, 0.4) is 0 Å². The van der Waals surface area contributed by atoms with Crippen LogP contribution in [0, 0.1) is 0 Å². The summed E-state index contributed by atoms with van der Waals surface area (Å²) in [5, 5.41) is 0. The van der Waals surface area contributed by atoms with Crippen LogP contribution < -0.4 is 5.56 Å². The van der Waals surface area contributed by atoms with Crippen molar-refractivity contribution in [2.45, 2.75) is 44.8 Å². The van der Waals surface area contributed by atoms with E-state index in [2.05, 4.69) is 9.97 Å². The minimum absolute atomic E-state index is 0.0484. The van der Waals surface area contributed by atoms with Crippen molar-refractivity contribution >= 4 is 11.0 Å². The van der Waals surface area contributed by atoms with Gasteiger partial charge in [-0.05, 0) is 44.2 Å². The fourth-order valence-corrected chi connectivity index (χ4v) is 2.67. The van der Waals surface area contributed by atoms with Crippen molar-refractivity contribution in [3.05, 3.63) is 35.0 Å². The van der Waals surface area contributed by atoms with Gasteiger partial charge in [0.25, 0.3) is 5.56 Å². The van der Waals surface area contributed by atoms with Gasteiger partial charge in [-0.15, -0.1) is 0 Å². The molecule has 106 valence electrons. The highest BCUT2D eigenvalue weighted by molar-refractivity contribution is 5.71. The molecule has 1 atom stereocenters. The molecule has 0 saturated carbocycles. The Labute approximate surface area is 117 Å². The van der Waals surface area contributed by atoms with Gasteiger partial charge in [0.2, 0.25) is 0 Å². The van der Waals surface area contributed by atoms with Crippen LogP contribution >= 0.6 is 0 Å². The van der Waals surface area contributed by atoms with Crippen LogP contribution in [0.5, 0.6) is 0 Å². The molecule has 20 heavy (non-hydrogen) atoms. The normalized spacial score (nSPS) is 18.7. The van der Waals surface area contributed by atoms with Crippen LogP contribution in [0.4, 0.5) is 0 Å². The molecule has 2 aromatic rings. The fraction of sp³-hybridized carbons (Fsp3) is 0.533. The number of rotatable bonds is 5. The number of ether oxygens (including phenoxy) is 1. The largest absolute Gasteiger partial charge is 0.378 e. The highest BCUT2D eigenvalue weighted by Crippen LogP contribution is 2.17. The molecule has 3 rings (SSSR count). The summed E-state index contributed by atoms with van der Waals surface area (Å²) in [5.41, 5.74) is 1.06. The Morgan fingerprint density at radius 3 is 3.15 bits per heavy atom. The molecule has 0 spiro atoms. The number of hydrogen-bond donors (Lipinski definition) is 0. The SMILES string of the molecule is O=c1c2ncccc2ncn1CCCC[C@@H]1CCCO1. The molecule has 1 fully saturated rings. The lowest BCUT2D eigenvalue weighted by Crippen LogP contribution is -2.21. The Balaban J connectivity index is 1.60. The van der Waals surface area contributed by atoms with Gasteiger partial charge < -0.3 is 4.74 Å². The summed E-state index contributed by atoms with van der Waals surface area (Å²) in [4.78, 5) is 20.6. The number of hydrogen-bond acceptors (Lipinski definition) is 4. The molecule has 0 bridgehead atoms. The van der Waals surface area contributed by atoms with Crippen molar-refractivity contribution in [3.8, 4) is 0 Å². The number of aromatic nitrogens is 3. The zero-order valence-electron chi connectivity index (χ0n) is 11.5. The first-order chi connectivity index (χ1) is 9.84. The first-order valence-corrected chi connectivity index (χ1v) is 7.26. The molecule has 1 saturated heterocycles. The summed E-state index contributed by atoms with van der Waals surface area (Å²) in [6.45, 7) is 1.61. The van der Waals surface area contributed by atoms with Crippen molar-refractivity contribution in [2.24, 2.45) is 0 Å². The maximum atomic E-state index is 12.2. The van der Waals surface area contributed by atoms with E-state index < -0.39 is 0 Å². The summed E-state index contributed by atoms with van der Waals surface area (Å²) in [6.07, 6.45) is 9.20. The van der Waals surface area contributed by atoms with Gasteiger partial charge in [0.15, 0.2) is 5.52 Å². The van der Waals surface area contributed by atoms with Gasteiger partial charge in [-0.25, -0.2) is 9.97 Å². The first kappa shape index (κ1) is 13.2. The molecule has 0 aliphatic carbocycles. The van der Waals surface area contributed by atoms with Crippen molar-refractivity contribution in [3.63, 3.8) is 0 Å². The number of aryl methyl sites for hydroxylation is 1. The van der Waals surface area contributed by atoms with Gasteiger partial charge in [0.05, 0.1) is 17.9 Å². The molecule has 3 heterocycles. The molecule has 2 aromatic heterocycles. The predicted molar refractivity (Wildman–Crippen MR) is 76.6 cm³/mol. The third kappa shape index (κ3) is 2.88. The van der Waals surface area contributed by atoms with E-state index in [0.717, 1.165) is 25.9 Å². The van der Waals surface area contributed by atoms with Gasteiger partial charge in [-0.3, -0.25) is 9.36 Å². The Bertz CT molecular complexity index is 632. The minimum Gasteiger partial charge on any atom is -0.378 e. The molecule has 5 heteroatoms. The lowest BCUT2D eigenvalue weighted by Gasteiger charge is -2.09. The van der Waals surface area contributed by atoms with E-state index in [4.69, 9.17) is 4.74 Å². The van der Waals surface area contributed by atoms with Crippen LogP contribution in [-0.4, -0.2) is 27.2 Å². The summed E-state index contributed by atoms with van der Waals surface area (Å²) in [6, 6.07) is 3.60. The second-order valence-corrected chi connectivity index (χ2v) is 5.25. The lowest BCUT2D eigenvalue weighted by atomic mass is 10.1. The van der Waals surface area contributed by atoms with E-state index in [1.54, 1.807) is 23.2 Å². The predicted octanol–water partition coefficient (Wildman–Crippen LogP) is 2.14. The molecular weight excluding hydrogens is 254 g/mol. The molecule has 0 radical (unpaired) electrons. The quantitative estimate of drug-likeness (QED) is 0.783. The first-order valence-electron chi connectivity index (χ1n) is 7.26. The van der Waals surface area contributed by atoms with Gasteiger partial charge in [0.1, 0.15) is 0 Å². The lowest BCUT2D eigenvalue weighted by molar-refractivity contribution is 0.102. The highest BCUT2D eigenvalue weighted by Gasteiger charge is 2.14. The Hall–Kier alpha value is -1.75. The average Bonchev–Trinajstić information content (AvgIpc) is 2.99. The summed E-state index contributed by atoms with van der Waals surface area (Å²) in [7, 11) is 0. The Kier molecular flexibility index (Phi) is 4.06. The standard InChI is InChI=1S/C15H19N3O2/c19-15-14-13(7-3-8-16-14)17-11-18(15)9-2-1-5-12-6-4-10-20-12/h3,7-8,11-12H,1-2,4-6,9-10H2/t12-/m1/s1. The van der Waals surface area contributed by atoms with E-state index in [-0.39, 0.29) is 5.56 Å². The Morgan fingerprint density at radius 1 is 1.35 bits per heavy atom. The highest BCUT2D eigenvalue weighted by atomic mass is 16.5. The van der Waals surface area contributed by atoms with Crippen LogP contribution in [-0.2, 0) is 11.3 Å². The average molecular weight is 273 g/mol. The van der Waals surface area contributed by atoms with Gasteiger partial charge in [-0.1, -0.05) is 0 Å². The summed E-state index contributed by atoms with van der Waals surface area (Å²) >= 11 is 0. The van der Waals surface area contributed by atoms with Crippen LogP contribution in [0.2, 0.25) is 0 Å². The molecule has 5 nitrogen and oxygen atoms in total. The third-order valence-electron chi connectivity index (χ3n) is 3.79. The molecule has 0 unspecified atom stereocenters. The van der Waals surface area contributed by atoms with Crippen molar-refractivity contribution in [1.82, 2.24) is 14.5 Å². The minimum atomic E-state index is -0.0484. The molecule has 0 N–H and O–H groups in total. The van der Waals surface area contributed by atoms with Crippen molar-refractivity contribution in [1.29, 1.82) is 0 Å². The van der Waals surface area contributed by atoms with Crippen LogP contribution in [0.1, 0.15) is 32.1 Å². The van der Waals surface area contributed by atoms with E-state index >= 15 is 0 Å². The fourth-order valence-electron chi connectivity index (χ4n) is 2.67. The Morgan fingerprint density at radius 2 is 2.30 bits per heavy atom. The van der Waals surface area contributed by atoms with E-state index in [9.17, 15) is 4.79 Å². The zero-order chi connectivity index (χ0) is 13.8. The smallest absolute Gasteiger partial charge is 0.279 e. The zero-order valence-corrected chi connectivity index (χ0v) is 11.5. The van der Waals surface area contributed by atoms with Crippen LogP contribution in [0.15, 0.2) is 29.5 Å². The van der Waals surface area contributed by atoms with E-state index in [1.165, 1.54) is 12.8 Å². The second kappa shape index (κ2) is 6.13. The number of pyridine rings is 1. The molecule has 0 amide bonds. The number of nitrogens with zero attached hydrogens (tertiary/aromatic N) is 3. The maximum absolute atomic E-state index is 12.2. The second-order valence-electron chi connectivity index (χ2n) is 5.25. The molecule has 1 aliphatic heterocycles. The number of fused-ring (bicyclic) bond motifs is 1. The van der Waals surface area contributed by atoms with Crippen molar-refractivity contribution in [2.75, 3.05) is 6.61 Å². The monoisotopic (exact) mass is 273 g/mol. The van der Waals surface area contributed by atoms with Gasteiger partial charge in [-0.2, -0.15) is 0 Å².